The van der Waals surface area contributed by atoms with Crippen LogP contribution >= 0.6 is 0 Å². The molecule has 0 spiro atoms. The van der Waals surface area contributed by atoms with Crippen LogP contribution in [-0.4, -0.2) is 24.0 Å². The first-order chi connectivity index (χ1) is 10.7. The summed E-state index contributed by atoms with van der Waals surface area (Å²) >= 11 is 0. The number of pyridine rings is 1. The van der Waals surface area contributed by atoms with E-state index in [1.54, 1.807) is 12.3 Å². The van der Waals surface area contributed by atoms with Crippen LogP contribution in [0.25, 0.3) is 0 Å². The maximum absolute atomic E-state index is 11.9. The molecule has 0 saturated carbocycles. The number of rotatable bonds is 4. The molecule has 1 aliphatic rings. The van der Waals surface area contributed by atoms with Gasteiger partial charge in [-0.15, -0.1) is 0 Å². The molecule has 0 bridgehead atoms. The van der Waals surface area contributed by atoms with Crippen molar-refractivity contribution in [1.29, 1.82) is 0 Å². The fourth-order valence-electron chi connectivity index (χ4n) is 3.32. The summed E-state index contributed by atoms with van der Waals surface area (Å²) in [6, 6.07) is 10.7. The lowest BCUT2D eigenvalue weighted by Gasteiger charge is -2.33. The number of nitrogens with one attached hydrogen (secondary N) is 1. The average Bonchev–Trinajstić information content (AvgIpc) is 2.54. The summed E-state index contributed by atoms with van der Waals surface area (Å²) in [4.78, 5) is 17.3. The minimum atomic E-state index is -0.0753. The molecule has 4 nitrogen and oxygen atoms in total. The fraction of sp³-hybridized carbons (Fsp3) is 0.389. The molecular formula is C18H22N2O2. The van der Waals surface area contributed by atoms with Gasteiger partial charge in [0.2, 0.25) is 5.43 Å². The number of ether oxygens (including phenoxy) is 1. The molecule has 0 unspecified atom stereocenters. The van der Waals surface area contributed by atoms with E-state index < -0.39 is 0 Å². The highest BCUT2D eigenvalue weighted by atomic mass is 16.5. The Bertz CT molecular complexity index is 708. The molecule has 0 radical (unpaired) electrons. The van der Waals surface area contributed by atoms with Crippen LogP contribution in [0.1, 0.15) is 35.7 Å². The number of aromatic amines is 1. The third-order valence-corrected chi connectivity index (χ3v) is 4.45. The van der Waals surface area contributed by atoms with Crippen LogP contribution in [-0.2, 0) is 13.0 Å². The van der Waals surface area contributed by atoms with Gasteiger partial charge in [-0.05, 0) is 37.4 Å². The number of hydrogen-bond acceptors (Lipinski definition) is 3. The lowest BCUT2D eigenvalue weighted by molar-refractivity contribution is 0.211. The Morgan fingerprint density at radius 1 is 1.36 bits per heavy atom. The zero-order chi connectivity index (χ0) is 15.5. The topological polar surface area (TPSA) is 45.3 Å². The van der Waals surface area contributed by atoms with E-state index in [4.69, 9.17) is 4.74 Å². The maximum atomic E-state index is 11.9. The predicted molar refractivity (Wildman–Crippen MR) is 87.2 cm³/mol. The number of hydrogen-bond donors (Lipinski definition) is 1. The van der Waals surface area contributed by atoms with E-state index in [1.807, 2.05) is 0 Å². The van der Waals surface area contributed by atoms with E-state index in [-0.39, 0.29) is 5.43 Å². The maximum Gasteiger partial charge on any atom is 0.223 e. The summed E-state index contributed by atoms with van der Waals surface area (Å²) in [6.07, 6.45) is 5.18. The Kier molecular flexibility index (Phi) is 4.29. The number of methoxy groups -OCH3 is 1. The summed E-state index contributed by atoms with van der Waals surface area (Å²) in [7, 11) is 3.63. The van der Waals surface area contributed by atoms with Crippen LogP contribution in [0, 0.1) is 0 Å². The number of fused-ring (bicyclic) bond motifs is 1. The second kappa shape index (κ2) is 6.36. The van der Waals surface area contributed by atoms with E-state index in [2.05, 4.69) is 41.2 Å². The number of aromatic nitrogens is 1. The summed E-state index contributed by atoms with van der Waals surface area (Å²) in [5.41, 5.74) is 3.71. The van der Waals surface area contributed by atoms with Gasteiger partial charge in [0.15, 0.2) is 5.75 Å². The first kappa shape index (κ1) is 14.9. The Morgan fingerprint density at radius 2 is 2.18 bits per heavy atom. The normalized spacial score (nSPS) is 17.3. The Morgan fingerprint density at radius 3 is 2.95 bits per heavy atom. The Labute approximate surface area is 130 Å². The molecule has 0 saturated heterocycles. The van der Waals surface area contributed by atoms with Gasteiger partial charge in [-0.3, -0.25) is 9.69 Å². The van der Waals surface area contributed by atoms with Crippen LogP contribution in [0.3, 0.4) is 0 Å². The highest BCUT2D eigenvalue weighted by Crippen LogP contribution is 2.33. The minimum Gasteiger partial charge on any atom is -0.491 e. The smallest absolute Gasteiger partial charge is 0.223 e. The Hall–Kier alpha value is -2.07. The molecule has 116 valence electrons. The van der Waals surface area contributed by atoms with Crippen LogP contribution in [0.2, 0.25) is 0 Å². The lowest BCUT2D eigenvalue weighted by atomic mass is 9.87. The van der Waals surface area contributed by atoms with Gasteiger partial charge in [-0.2, -0.15) is 0 Å². The summed E-state index contributed by atoms with van der Waals surface area (Å²) < 4.78 is 5.01. The molecule has 1 heterocycles. The van der Waals surface area contributed by atoms with Crippen molar-refractivity contribution in [2.24, 2.45) is 0 Å². The summed E-state index contributed by atoms with van der Waals surface area (Å²) in [5, 5.41) is 0. The number of benzene rings is 1. The molecule has 3 rings (SSSR count). The largest absolute Gasteiger partial charge is 0.491 e. The third kappa shape index (κ3) is 2.92. The molecular weight excluding hydrogens is 276 g/mol. The van der Waals surface area contributed by atoms with E-state index in [1.165, 1.54) is 31.1 Å². The molecule has 1 aliphatic carbocycles. The van der Waals surface area contributed by atoms with Crippen molar-refractivity contribution in [2.45, 2.75) is 31.8 Å². The van der Waals surface area contributed by atoms with Crippen molar-refractivity contribution in [2.75, 3.05) is 14.2 Å². The van der Waals surface area contributed by atoms with Crippen molar-refractivity contribution in [3.8, 4) is 5.75 Å². The van der Waals surface area contributed by atoms with Gasteiger partial charge in [-0.1, -0.05) is 24.3 Å². The quantitative estimate of drug-likeness (QED) is 0.944. The highest BCUT2D eigenvalue weighted by molar-refractivity contribution is 5.32. The first-order valence-corrected chi connectivity index (χ1v) is 7.72. The predicted octanol–water partition coefficient (Wildman–Crippen LogP) is 2.89. The van der Waals surface area contributed by atoms with Crippen molar-refractivity contribution in [1.82, 2.24) is 9.88 Å². The average molecular weight is 298 g/mol. The molecule has 1 aromatic carbocycles. The highest BCUT2D eigenvalue weighted by Gasteiger charge is 2.23. The van der Waals surface area contributed by atoms with E-state index in [0.29, 0.717) is 11.8 Å². The Balaban J connectivity index is 1.79. The standard InChI is InChI=1S/C18H22N2O2/c1-20(12-14-10-17(21)18(22-2)11-19-14)16-9-5-7-13-6-3-4-8-15(13)16/h3-4,6,8,10-11,16H,5,7,9,12H2,1-2H3,(H,19,21)/t16-/m0/s1. The fourth-order valence-corrected chi connectivity index (χ4v) is 3.32. The van der Waals surface area contributed by atoms with Crippen molar-refractivity contribution >= 4 is 0 Å². The molecule has 4 heteroatoms. The minimum absolute atomic E-state index is 0.0753. The molecule has 2 aromatic rings. The molecule has 0 aliphatic heterocycles. The van der Waals surface area contributed by atoms with Crippen LogP contribution in [0.4, 0.5) is 0 Å². The second-order valence-corrected chi connectivity index (χ2v) is 5.91. The molecule has 0 amide bonds. The zero-order valence-electron chi connectivity index (χ0n) is 13.1. The van der Waals surface area contributed by atoms with Crippen LogP contribution in [0.15, 0.2) is 41.3 Å². The van der Waals surface area contributed by atoms with Crippen molar-refractivity contribution in [3.63, 3.8) is 0 Å². The van der Waals surface area contributed by atoms with E-state index in [0.717, 1.165) is 18.7 Å². The number of H-pyrrole nitrogens is 1. The van der Waals surface area contributed by atoms with Gasteiger partial charge in [-0.25, -0.2) is 0 Å². The van der Waals surface area contributed by atoms with Gasteiger partial charge in [0.25, 0.3) is 0 Å². The van der Waals surface area contributed by atoms with Crippen molar-refractivity contribution < 1.29 is 4.74 Å². The molecule has 1 N–H and O–H groups in total. The monoisotopic (exact) mass is 298 g/mol. The molecule has 1 aromatic heterocycles. The molecule has 0 fully saturated rings. The number of aryl methyl sites for hydroxylation is 1. The SMILES string of the molecule is COc1c[nH]c(CN(C)[C@H]2CCCc3ccccc32)cc1=O. The van der Waals surface area contributed by atoms with Gasteiger partial charge in [0.05, 0.1) is 7.11 Å². The van der Waals surface area contributed by atoms with Gasteiger partial charge in [0, 0.05) is 30.5 Å². The van der Waals surface area contributed by atoms with Gasteiger partial charge < -0.3 is 9.72 Å². The number of nitrogens with zero attached hydrogens (tertiary/aromatic N) is 1. The van der Waals surface area contributed by atoms with E-state index in [9.17, 15) is 4.79 Å². The van der Waals surface area contributed by atoms with E-state index >= 15 is 0 Å². The summed E-state index contributed by atoms with van der Waals surface area (Å²) in [6.45, 7) is 0.720. The third-order valence-electron chi connectivity index (χ3n) is 4.45. The van der Waals surface area contributed by atoms with Crippen LogP contribution in [0.5, 0.6) is 5.75 Å². The second-order valence-electron chi connectivity index (χ2n) is 5.91. The summed E-state index contributed by atoms with van der Waals surface area (Å²) in [5.74, 6) is 0.356. The first-order valence-electron chi connectivity index (χ1n) is 7.72. The lowest BCUT2D eigenvalue weighted by Crippen LogP contribution is -2.28. The van der Waals surface area contributed by atoms with Crippen molar-refractivity contribution in [3.05, 3.63) is 63.6 Å². The molecule has 22 heavy (non-hydrogen) atoms. The molecule has 1 atom stereocenters. The van der Waals surface area contributed by atoms with Crippen LogP contribution < -0.4 is 10.2 Å². The van der Waals surface area contributed by atoms with Gasteiger partial charge in [0.1, 0.15) is 0 Å². The zero-order valence-corrected chi connectivity index (χ0v) is 13.1. The van der Waals surface area contributed by atoms with Gasteiger partial charge >= 0.3 is 0 Å².